The SMILES string of the molecule is CCN(c1ccccc1)c1nn(-c2ccccc2)c(=O)[nH]1. The van der Waals surface area contributed by atoms with Crippen molar-refractivity contribution >= 4 is 11.6 Å². The molecule has 0 saturated heterocycles. The number of nitrogens with zero attached hydrogens (tertiary/aromatic N) is 3. The zero-order valence-electron chi connectivity index (χ0n) is 11.7. The second-order valence-corrected chi connectivity index (χ2v) is 4.58. The topological polar surface area (TPSA) is 53.9 Å². The van der Waals surface area contributed by atoms with Crippen LogP contribution in [0.5, 0.6) is 0 Å². The first-order valence-electron chi connectivity index (χ1n) is 6.87. The Morgan fingerprint density at radius 2 is 1.67 bits per heavy atom. The molecule has 0 atom stereocenters. The first-order chi connectivity index (χ1) is 10.3. The lowest BCUT2D eigenvalue weighted by Gasteiger charge is -2.19. The van der Waals surface area contributed by atoms with E-state index in [2.05, 4.69) is 10.1 Å². The van der Waals surface area contributed by atoms with Gasteiger partial charge in [-0.15, -0.1) is 5.10 Å². The minimum absolute atomic E-state index is 0.245. The Morgan fingerprint density at radius 1 is 1.05 bits per heavy atom. The van der Waals surface area contributed by atoms with E-state index >= 15 is 0 Å². The molecule has 106 valence electrons. The highest BCUT2D eigenvalue weighted by atomic mass is 16.2. The van der Waals surface area contributed by atoms with Gasteiger partial charge in [-0.05, 0) is 31.2 Å². The lowest BCUT2D eigenvalue weighted by atomic mass is 10.3. The molecule has 0 bridgehead atoms. The molecule has 0 spiro atoms. The molecule has 0 amide bonds. The van der Waals surface area contributed by atoms with Crippen LogP contribution >= 0.6 is 0 Å². The summed E-state index contributed by atoms with van der Waals surface area (Å²) in [6.07, 6.45) is 0. The van der Waals surface area contributed by atoms with Crippen LogP contribution in [0.1, 0.15) is 6.92 Å². The lowest BCUT2D eigenvalue weighted by molar-refractivity contribution is 0.833. The molecule has 1 aromatic heterocycles. The van der Waals surface area contributed by atoms with Crippen LogP contribution in [0.2, 0.25) is 0 Å². The molecule has 3 aromatic rings. The average molecular weight is 280 g/mol. The first-order valence-corrected chi connectivity index (χ1v) is 6.87. The normalized spacial score (nSPS) is 10.5. The summed E-state index contributed by atoms with van der Waals surface area (Å²) in [6, 6.07) is 19.2. The summed E-state index contributed by atoms with van der Waals surface area (Å²) in [5.74, 6) is 0.539. The molecular weight excluding hydrogens is 264 g/mol. The summed E-state index contributed by atoms with van der Waals surface area (Å²) in [6.45, 7) is 2.73. The maximum atomic E-state index is 12.1. The van der Waals surface area contributed by atoms with Gasteiger partial charge in [0.05, 0.1) is 5.69 Å². The van der Waals surface area contributed by atoms with Gasteiger partial charge in [0.2, 0.25) is 5.95 Å². The molecule has 5 heteroatoms. The molecule has 1 N–H and O–H groups in total. The second kappa shape index (κ2) is 5.66. The van der Waals surface area contributed by atoms with Gasteiger partial charge in [-0.3, -0.25) is 4.98 Å². The first kappa shape index (κ1) is 13.2. The number of nitrogens with one attached hydrogen (secondary N) is 1. The van der Waals surface area contributed by atoms with Gasteiger partial charge >= 0.3 is 5.69 Å². The van der Waals surface area contributed by atoms with Crippen molar-refractivity contribution in [1.29, 1.82) is 0 Å². The number of H-pyrrole nitrogens is 1. The summed E-state index contributed by atoms with van der Waals surface area (Å²) < 4.78 is 1.38. The van der Waals surface area contributed by atoms with Gasteiger partial charge in [-0.1, -0.05) is 36.4 Å². The maximum absolute atomic E-state index is 12.1. The van der Waals surface area contributed by atoms with Crippen LogP contribution in [0.4, 0.5) is 11.6 Å². The molecule has 0 fully saturated rings. The molecule has 0 aliphatic rings. The van der Waals surface area contributed by atoms with E-state index < -0.39 is 0 Å². The number of benzene rings is 2. The van der Waals surface area contributed by atoms with Gasteiger partial charge < -0.3 is 4.90 Å². The van der Waals surface area contributed by atoms with Crippen molar-refractivity contribution in [2.24, 2.45) is 0 Å². The molecule has 21 heavy (non-hydrogen) atoms. The predicted molar refractivity (Wildman–Crippen MR) is 83.3 cm³/mol. The highest BCUT2D eigenvalue weighted by Gasteiger charge is 2.13. The summed E-state index contributed by atoms with van der Waals surface area (Å²) in [7, 11) is 0. The van der Waals surface area contributed by atoms with E-state index in [1.54, 1.807) is 0 Å². The quantitative estimate of drug-likeness (QED) is 0.799. The number of hydrogen-bond donors (Lipinski definition) is 1. The third-order valence-corrected chi connectivity index (χ3v) is 3.25. The summed E-state index contributed by atoms with van der Waals surface area (Å²) in [5, 5.41) is 4.40. The van der Waals surface area contributed by atoms with Crippen molar-refractivity contribution in [3.8, 4) is 5.69 Å². The number of hydrogen-bond acceptors (Lipinski definition) is 3. The summed E-state index contributed by atoms with van der Waals surface area (Å²) >= 11 is 0. The third-order valence-electron chi connectivity index (χ3n) is 3.25. The van der Waals surface area contributed by atoms with Gasteiger partial charge in [-0.25, -0.2) is 4.79 Å². The van der Waals surface area contributed by atoms with Crippen molar-refractivity contribution < 1.29 is 0 Å². The molecule has 5 nitrogen and oxygen atoms in total. The van der Waals surface area contributed by atoms with Crippen LogP contribution in [0.25, 0.3) is 5.69 Å². The Bertz CT molecular complexity index is 762. The Morgan fingerprint density at radius 3 is 2.29 bits per heavy atom. The number of aromatic nitrogens is 3. The van der Waals surface area contributed by atoms with Crippen LogP contribution in [0, 0.1) is 0 Å². The number of rotatable bonds is 4. The fourth-order valence-corrected chi connectivity index (χ4v) is 2.24. The number of para-hydroxylation sites is 2. The average Bonchev–Trinajstić information content (AvgIpc) is 2.92. The van der Waals surface area contributed by atoms with Crippen molar-refractivity contribution in [3.63, 3.8) is 0 Å². The van der Waals surface area contributed by atoms with Crippen molar-refractivity contribution in [2.75, 3.05) is 11.4 Å². The predicted octanol–water partition coefficient (Wildman–Crippen LogP) is 2.72. The summed E-state index contributed by atoms with van der Waals surface area (Å²) in [4.78, 5) is 16.9. The van der Waals surface area contributed by atoms with E-state index in [4.69, 9.17) is 0 Å². The van der Waals surface area contributed by atoms with Crippen LogP contribution in [-0.2, 0) is 0 Å². The van der Waals surface area contributed by atoms with Gasteiger partial charge in [0, 0.05) is 12.2 Å². The molecular formula is C16H16N4O. The van der Waals surface area contributed by atoms with Gasteiger partial charge in [-0.2, -0.15) is 4.68 Å². The van der Waals surface area contributed by atoms with E-state index in [0.29, 0.717) is 12.5 Å². The van der Waals surface area contributed by atoms with Crippen molar-refractivity contribution in [3.05, 3.63) is 71.1 Å². The van der Waals surface area contributed by atoms with E-state index in [1.807, 2.05) is 72.5 Å². The summed E-state index contributed by atoms with van der Waals surface area (Å²) in [5.41, 5.74) is 1.49. The highest BCUT2D eigenvalue weighted by Crippen LogP contribution is 2.20. The van der Waals surface area contributed by atoms with E-state index in [9.17, 15) is 4.79 Å². The Hall–Kier alpha value is -2.82. The van der Waals surface area contributed by atoms with E-state index in [1.165, 1.54) is 4.68 Å². The lowest BCUT2D eigenvalue weighted by Crippen LogP contribution is -2.18. The Balaban J connectivity index is 2.02. The molecule has 1 heterocycles. The van der Waals surface area contributed by atoms with Crippen molar-refractivity contribution in [2.45, 2.75) is 6.92 Å². The Kier molecular flexibility index (Phi) is 3.55. The Labute approximate surface area is 122 Å². The molecule has 2 aromatic carbocycles. The van der Waals surface area contributed by atoms with Crippen LogP contribution in [0.3, 0.4) is 0 Å². The minimum atomic E-state index is -0.245. The maximum Gasteiger partial charge on any atom is 0.349 e. The van der Waals surface area contributed by atoms with Crippen LogP contribution in [0.15, 0.2) is 65.5 Å². The molecule has 0 aliphatic heterocycles. The molecule has 0 radical (unpaired) electrons. The molecule has 0 saturated carbocycles. The molecule has 0 unspecified atom stereocenters. The van der Waals surface area contributed by atoms with Crippen molar-refractivity contribution in [1.82, 2.24) is 14.8 Å². The zero-order chi connectivity index (χ0) is 14.7. The van der Waals surface area contributed by atoms with E-state index in [0.717, 1.165) is 11.4 Å². The second-order valence-electron chi connectivity index (χ2n) is 4.58. The van der Waals surface area contributed by atoms with E-state index in [-0.39, 0.29) is 5.69 Å². The number of anilines is 2. The van der Waals surface area contributed by atoms with Gasteiger partial charge in [0.1, 0.15) is 0 Å². The minimum Gasteiger partial charge on any atom is -0.311 e. The molecule has 0 aliphatic carbocycles. The monoisotopic (exact) mass is 280 g/mol. The standard InChI is InChI=1S/C16H16N4O/c1-2-19(13-9-5-3-6-10-13)15-17-16(21)20(18-15)14-11-7-4-8-12-14/h3-12H,2H2,1H3,(H,17,18,21). The van der Waals surface area contributed by atoms with Crippen LogP contribution in [-0.4, -0.2) is 21.3 Å². The third kappa shape index (κ3) is 2.58. The number of aromatic amines is 1. The zero-order valence-corrected chi connectivity index (χ0v) is 11.7. The van der Waals surface area contributed by atoms with Crippen LogP contribution < -0.4 is 10.6 Å². The fraction of sp³-hybridized carbons (Fsp3) is 0.125. The van der Waals surface area contributed by atoms with Gasteiger partial charge in [0.15, 0.2) is 0 Å². The molecule has 3 rings (SSSR count). The largest absolute Gasteiger partial charge is 0.349 e. The smallest absolute Gasteiger partial charge is 0.311 e. The fourth-order valence-electron chi connectivity index (χ4n) is 2.24. The van der Waals surface area contributed by atoms with Gasteiger partial charge in [0.25, 0.3) is 0 Å². The highest BCUT2D eigenvalue weighted by molar-refractivity contribution is 5.56.